The number of amides is 1. The lowest BCUT2D eigenvalue weighted by Gasteiger charge is -2.28. The summed E-state index contributed by atoms with van der Waals surface area (Å²) >= 11 is 0. The van der Waals surface area contributed by atoms with Crippen molar-refractivity contribution < 1.29 is 13.2 Å². The summed E-state index contributed by atoms with van der Waals surface area (Å²) < 4.78 is 26.8. The van der Waals surface area contributed by atoms with Crippen LogP contribution in [0.1, 0.15) is 25.7 Å². The molecule has 126 valence electrons. The molecule has 2 N–H and O–H groups in total. The van der Waals surface area contributed by atoms with E-state index in [9.17, 15) is 13.2 Å². The van der Waals surface area contributed by atoms with Gasteiger partial charge in [-0.15, -0.1) is 0 Å². The summed E-state index contributed by atoms with van der Waals surface area (Å²) in [5.41, 5.74) is 0. The minimum absolute atomic E-state index is 0.0527. The van der Waals surface area contributed by atoms with Gasteiger partial charge in [0.05, 0.1) is 4.90 Å². The summed E-state index contributed by atoms with van der Waals surface area (Å²) in [7, 11) is -3.54. The van der Waals surface area contributed by atoms with Crippen molar-refractivity contribution in [3.63, 3.8) is 0 Å². The number of carbonyl (C=O) groups excluding carboxylic acids is 1. The molecule has 0 saturated carbocycles. The van der Waals surface area contributed by atoms with Gasteiger partial charge in [-0.05, 0) is 37.9 Å². The third-order valence-corrected chi connectivity index (χ3v) is 6.10. The average Bonchev–Trinajstić information content (AvgIpc) is 2.81. The SMILES string of the molecule is O=C(CCNS(=O)(=O)c1ccccc1)N1C2CCNCC1CC2. The van der Waals surface area contributed by atoms with Gasteiger partial charge in [-0.2, -0.15) is 0 Å². The second-order valence-electron chi connectivity index (χ2n) is 6.14. The van der Waals surface area contributed by atoms with E-state index in [1.807, 2.05) is 4.90 Å². The van der Waals surface area contributed by atoms with Gasteiger partial charge in [0.2, 0.25) is 15.9 Å². The van der Waals surface area contributed by atoms with Crippen molar-refractivity contribution in [1.29, 1.82) is 0 Å². The second-order valence-corrected chi connectivity index (χ2v) is 7.91. The van der Waals surface area contributed by atoms with Gasteiger partial charge in [-0.1, -0.05) is 18.2 Å². The topological polar surface area (TPSA) is 78.5 Å². The van der Waals surface area contributed by atoms with Crippen molar-refractivity contribution in [3.8, 4) is 0 Å². The highest BCUT2D eigenvalue weighted by Crippen LogP contribution is 2.28. The maximum Gasteiger partial charge on any atom is 0.240 e. The Kier molecular flexibility index (Phi) is 4.99. The Bertz CT molecular complexity index is 634. The first-order valence-corrected chi connectivity index (χ1v) is 9.63. The molecule has 2 aliphatic heterocycles. The molecule has 6 nitrogen and oxygen atoms in total. The molecule has 2 aliphatic rings. The summed E-state index contributed by atoms with van der Waals surface area (Å²) in [5.74, 6) is 0.0527. The summed E-state index contributed by atoms with van der Waals surface area (Å²) in [6.45, 7) is 1.93. The molecule has 1 aromatic rings. The molecular formula is C16H23N3O3S. The lowest BCUT2D eigenvalue weighted by atomic mass is 10.1. The smallest absolute Gasteiger partial charge is 0.240 e. The fourth-order valence-electron chi connectivity index (χ4n) is 3.49. The van der Waals surface area contributed by atoms with Gasteiger partial charge < -0.3 is 10.2 Å². The molecule has 7 heteroatoms. The maximum absolute atomic E-state index is 12.5. The van der Waals surface area contributed by atoms with Crippen LogP contribution < -0.4 is 10.0 Å². The van der Waals surface area contributed by atoms with E-state index < -0.39 is 10.0 Å². The van der Waals surface area contributed by atoms with Crippen LogP contribution in [0.5, 0.6) is 0 Å². The molecular weight excluding hydrogens is 314 g/mol. The van der Waals surface area contributed by atoms with E-state index >= 15 is 0 Å². The fourth-order valence-corrected chi connectivity index (χ4v) is 4.55. The molecule has 2 saturated heterocycles. The van der Waals surface area contributed by atoms with Crippen LogP contribution >= 0.6 is 0 Å². The molecule has 2 atom stereocenters. The Morgan fingerprint density at radius 3 is 2.70 bits per heavy atom. The first kappa shape index (κ1) is 16.4. The van der Waals surface area contributed by atoms with E-state index in [0.717, 1.165) is 32.4 Å². The number of hydrogen-bond acceptors (Lipinski definition) is 4. The normalized spacial score (nSPS) is 24.4. The van der Waals surface area contributed by atoms with Crippen LogP contribution in [0.15, 0.2) is 35.2 Å². The maximum atomic E-state index is 12.5. The van der Waals surface area contributed by atoms with Gasteiger partial charge in [0.1, 0.15) is 0 Å². The van der Waals surface area contributed by atoms with E-state index in [-0.39, 0.29) is 29.8 Å². The zero-order valence-corrected chi connectivity index (χ0v) is 13.9. The van der Waals surface area contributed by atoms with Crippen LogP contribution in [-0.2, 0) is 14.8 Å². The highest BCUT2D eigenvalue weighted by atomic mass is 32.2. The van der Waals surface area contributed by atoms with Crippen molar-refractivity contribution >= 4 is 15.9 Å². The second kappa shape index (κ2) is 6.98. The minimum atomic E-state index is -3.54. The van der Waals surface area contributed by atoms with Gasteiger partial charge in [0.25, 0.3) is 0 Å². The number of fused-ring (bicyclic) bond motifs is 2. The quantitative estimate of drug-likeness (QED) is 0.829. The summed E-state index contributed by atoms with van der Waals surface area (Å²) in [6, 6.07) is 8.80. The molecule has 0 aromatic heterocycles. The molecule has 0 aliphatic carbocycles. The largest absolute Gasteiger partial charge is 0.335 e. The summed E-state index contributed by atoms with van der Waals surface area (Å²) in [4.78, 5) is 14.7. The molecule has 2 bridgehead atoms. The standard InChI is InChI=1S/C16H23N3O3S/c20-16(19-13-6-7-14(19)12-17-10-8-13)9-11-18-23(21,22)15-4-2-1-3-5-15/h1-5,13-14,17-18H,6-12H2. The molecule has 2 unspecified atom stereocenters. The van der Waals surface area contributed by atoms with Crippen LogP contribution in [0.2, 0.25) is 0 Å². The average molecular weight is 337 g/mol. The van der Waals surface area contributed by atoms with Crippen molar-refractivity contribution in [2.75, 3.05) is 19.6 Å². The van der Waals surface area contributed by atoms with Gasteiger partial charge >= 0.3 is 0 Å². The predicted octanol–water partition coefficient (Wildman–Crippen LogP) is 0.708. The molecule has 1 amide bonds. The van der Waals surface area contributed by atoms with Crippen molar-refractivity contribution in [2.45, 2.75) is 42.7 Å². The number of carbonyl (C=O) groups is 1. The molecule has 2 fully saturated rings. The van der Waals surface area contributed by atoms with Crippen molar-refractivity contribution in [3.05, 3.63) is 30.3 Å². The number of sulfonamides is 1. The Labute approximate surface area is 137 Å². The van der Waals surface area contributed by atoms with E-state index in [1.54, 1.807) is 30.3 Å². The van der Waals surface area contributed by atoms with Crippen LogP contribution in [0.4, 0.5) is 0 Å². The summed E-state index contributed by atoms with van der Waals surface area (Å²) in [6.07, 6.45) is 3.30. The summed E-state index contributed by atoms with van der Waals surface area (Å²) in [5, 5.41) is 3.36. The minimum Gasteiger partial charge on any atom is -0.335 e. The lowest BCUT2D eigenvalue weighted by molar-refractivity contribution is -0.133. The van der Waals surface area contributed by atoms with E-state index in [1.165, 1.54) is 0 Å². The van der Waals surface area contributed by atoms with Gasteiger partial charge in [0.15, 0.2) is 0 Å². The Hall–Kier alpha value is -1.44. The van der Waals surface area contributed by atoms with Gasteiger partial charge in [0, 0.05) is 31.6 Å². The number of nitrogens with one attached hydrogen (secondary N) is 2. The highest BCUT2D eigenvalue weighted by Gasteiger charge is 2.37. The van der Waals surface area contributed by atoms with Crippen LogP contribution in [0.25, 0.3) is 0 Å². The van der Waals surface area contributed by atoms with Crippen LogP contribution in [-0.4, -0.2) is 50.9 Å². The van der Waals surface area contributed by atoms with E-state index in [2.05, 4.69) is 10.0 Å². The number of rotatable bonds is 5. The Morgan fingerprint density at radius 2 is 1.91 bits per heavy atom. The van der Waals surface area contributed by atoms with Gasteiger partial charge in [-0.3, -0.25) is 4.79 Å². The van der Waals surface area contributed by atoms with Crippen LogP contribution in [0, 0.1) is 0 Å². The Balaban J connectivity index is 1.55. The molecule has 0 radical (unpaired) electrons. The fraction of sp³-hybridized carbons (Fsp3) is 0.562. The molecule has 23 heavy (non-hydrogen) atoms. The third kappa shape index (κ3) is 3.73. The monoisotopic (exact) mass is 337 g/mol. The van der Waals surface area contributed by atoms with E-state index in [4.69, 9.17) is 0 Å². The zero-order chi connectivity index (χ0) is 16.3. The first-order valence-electron chi connectivity index (χ1n) is 8.14. The molecule has 1 aromatic carbocycles. The third-order valence-electron chi connectivity index (χ3n) is 4.63. The van der Waals surface area contributed by atoms with Crippen LogP contribution in [0.3, 0.4) is 0 Å². The van der Waals surface area contributed by atoms with Crippen molar-refractivity contribution in [2.24, 2.45) is 0 Å². The van der Waals surface area contributed by atoms with Gasteiger partial charge in [-0.25, -0.2) is 13.1 Å². The number of nitrogens with zero attached hydrogens (tertiary/aromatic N) is 1. The molecule has 3 rings (SSSR count). The first-order chi connectivity index (χ1) is 11.1. The number of benzene rings is 1. The lowest BCUT2D eigenvalue weighted by Crippen LogP contribution is -2.43. The van der Waals surface area contributed by atoms with Crippen molar-refractivity contribution in [1.82, 2.24) is 14.9 Å². The molecule has 2 heterocycles. The zero-order valence-electron chi connectivity index (χ0n) is 13.1. The molecule has 0 spiro atoms. The number of hydrogen-bond donors (Lipinski definition) is 2. The van der Waals surface area contributed by atoms with E-state index in [0.29, 0.717) is 6.04 Å². The Morgan fingerprint density at radius 1 is 1.17 bits per heavy atom. The predicted molar refractivity (Wildman–Crippen MR) is 87.4 cm³/mol. The highest BCUT2D eigenvalue weighted by molar-refractivity contribution is 7.89.